The Hall–Kier alpha value is -0.0400. The Balaban J connectivity index is 2.05. The van der Waals surface area contributed by atoms with Gasteiger partial charge in [-0.2, -0.15) is 0 Å². The molecule has 0 saturated heterocycles. The van der Waals surface area contributed by atoms with Crippen LogP contribution in [0.5, 0.6) is 0 Å². The van der Waals surface area contributed by atoms with Crippen LogP contribution in [0, 0.1) is 22.7 Å². The standard InChI is InChI=1S/C12H20O/c1-11-6-4-9(7-11)10-3-2-5-12(10,11)8-13/h9-10,13H,2-8H2,1H3. The summed E-state index contributed by atoms with van der Waals surface area (Å²) in [7, 11) is 0. The number of fused-ring (bicyclic) bond motifs is 5. The van der Waals surface area contributed by atoms with Crippen LogP contribution in [0.2, 0.25) is 0 Å². The van der Waals surface area contributed by atoms with E-state index in [9.17, 15) is 5.11 Å². The molecule has 3 fully saturated rings. The van der Waals surface area contributed by atoms with Crippen LogP contribution in [0.25, 0.3) is 0 Å². The summed E-state index contributed by atoms with van der Waals surface area (Å²) >= 11 is 0. The van der Waals surface area contributed by atoms with Gasteiger partial charge in [0.2, 0.25) is 0 Å². The van der Waals surface area contributed by atoms with E-state index in [1.807, 2.05) is 0 Å². The highest BCUT2D eigenvalue weighted by Crippen LogP contribution is 2.72. The second-order valence-corrected chi connectivity index (χ2v) is 5.88. The van der Waals surface area contributed by atoms with Crippen molar-refractivity contribution in [3.05, 3.63) is 0 Å². The predicted molar refractivity (Wildman–Crippen MR) is 52.3 cm³/mol. The van der Waals surface area contributed by atoms with Crippen LogP contribution in [0.3, 0.4) is 0 Å². The van der Waals surface area contributed by atoms with Gasteiger partial charge in [-0.15, -0.1) is 0 Å². The summed E-state index contributed by atoms with van der Waals surface area (Å²) in [5.74, 6) is 1.86. The molecule has 13 heavy (non-hydrogen) atoms. The van der Waals surface area contributed by atoms with E-state index in [4.69, 9.17) is 0 Å². The van der Waals surface area contributed by atoms with E-state index in [1.54, 1.807) is 0 Å². The summed E-state index contributed by atoms with van der Waals surface area (Å²) in [6.45, 7) is 2.90. The average Bonchev–Trinajstić information content (AvgIpc) is 2.71. The smallest absolute Gasteiger partial charge is 0.0495 e. The molecular formula is C12H20O. The SMILES string of the molecule is CC12CCC(C1)C1CCCC12CO. The Morgan fingerprint density at radius 2 is 2.15 bits per heavy atom. The Labute approximate surface area is 80.5 Å². The molecule has 0 amide bonds. The molecule has 3 aliphatic carbocycles. The molecule has 3 rings (SSSR count). The minimum Gasteiger partial charge on any atom is -0.396 e. The van der Waals surface area contributed by atoms with E-state index in [1.165, 1.54) is 38.5 Å². The highest BCUT2D eigenvalue weighted by atomic mass is 16.3. The van der Waals surface area contributed by atoms with Crippen molar-refractivity contribution in [2.45, 2.75) is 45.4 Å². The predicted octanol–water partition coefficient (Wildman–Crippen LogP) is 2.59. The fourth-order valence-electron chi connectivity index (χ4n) is 5.00. The second-order valence-electron chi connectivity index (χ2n) is 5.88. The fourth-order valence-corrected chi connectivity index (χ4v) is 5.00. The van der Waals surface area contributed by atoms with Crippen molar-refractivity contribution in [2.75, 3.05) is 6.61 Å². The zero-order chi connectivity index (χ0) is 9.10. The highest BCUT2D eigenvalue weighted by molar-refractivity contribution is 5.14. The zero-order valence-electron chi connectivity index (χ0n) is 8.55. The van der Waals surface area contributed by atoms with Gasteiger partial charge in [0.05, 0.1) is 0 Å². The van der Waals surface area contributed by atoms with E-state index in [0.29, 0.717) is 17.4 Å². The minimum absolute atomic E-state index is 0.357. The zero-order valence-corrected chi connectivity index (χ0v) is 8.55. The monoisotopic (exact) mass is 180 g/mol. The summed E-state index contributed by atoms with van der Waals surface area (Å²) in [4.78, 5) is 0. The third-order valence-corrected chi connectivity index (χ3v) is 5.68. The van der Waals surface area contributed by atoms with Gasteiger partial charge < -0.3 is 5.11 Å². The number of aliphatic hydroxyl groups excluding tert-OH is 1. The van der Waals surface area contributed by atoms with Crippen LogP contribution < -0.4 is 0 Å². The van der Waals surface area contributed by atoms with E-state index in [-0.39, 0.29) is 0 Å². The lowest BCUT2D eigenvalue weighted by Gasteiger charge is -2.45. The van der Waals surface area contributed by atoms with Gasteiger partial charge in [-0.25, -0.2) is 0 Å². The van der Waals surface area contributed by atoms with Crippen molar-refractivity contribution in [1.29, 1.82) is 0 Å². The van der Waals surface area contributed by atoms with Crippen molar-refractivity contribution in [3.63, 3.8) is 0 Å². The second kappa shape index (κ2) is 2.31. The molecule has 74 valence electrons. The number of rotatable bonds is 1. The summed E-state index contributed by atoms with van der Waals surface area (Å²) < 4.78 is 0. The number of hydrogen-bond acceptors (Lipinski definition) is 1. The van der Waals surface area contributed by atoms with Gasteiger partial charge >= 0.3 is 0 Å². The Morgan fingerprint density at radius 1 is 1.31 bits per heavy atom. The molecule has 3 saturated carbocycles. The van der Waals surface area contributed by atoms with Crippen molar-refractivity contribution >= 4 is 0 Å². The molecule has 1 nitrogen and oxygen atoms in total. The van der Waals surface area contributed by atoms with Crippen molar-refractivity contribution in [1.82, 2.24) is 0 Å². The van der Waals surface area contributed by atoms with Crippen molar-refractivity contribution < 1.29 is 5.11 Å². The minimum atomic E-state index is 0.357. The molecule has 1 N–H and O–H groups in total. The molecule has 0 aliphatic heterocycles. The van der Waals surface area contributed by atoms with Gasteiger partial charge in [0, 0.05) is 12.0 Å². The fraction of sp³-hybridized carbons (Fsp3) is 1.00. The van der Waals surface area contributed by atoms with Gasteiger partial charge in [0.1, 0.15) is 0 Å². The maximum Gasteiger partial charge on any atom is 0.0495 e. The maximum atomic E-state index is 9.71. The molecular weight excluding hydrogens is 160 g/mol. The van der Waals surface area contributed by atoms with Gasteiger partial charge in [-0.1, -0.05) is 13.3 Å². The Morgan fingerprint density at radius 3 is 2.85 bits per heavy atom. The summed E-state index contributed by atoms with van der Waals surface area (Å²) in [6, 6.07) is 0. The molecule has 0 radical (unpaired) electrons. The maximum absolute atomic E-state index is 9.71. The largest absolute Gasteiger partial charge is 0.396 e. The van der Waals surface area contributed by atoms with Crippen LogP contribution in [-0.2, 0) is 0 Å². The third kappa shape index (κ3) is 0.743. The molecule has 1 heteroatoms. The topological polar surface area (TPSA) is 20.2 Å². The van der Waals surface area contributed by atoms with Crippen molar-refractivity contribution in [2.24, 2.45) is 22.7 Å². The van der Waals surface area contributed by atoms with Gasteiger partial charge in [0.15, 0.2) is 0 Å². The molecule has 4 unspecified atom stereocenters. The van der Waals surface area contributed by atoms with Crippen LogP contribution in [0.4, 0.5) is 0 Å². The lowest BCUT2D eigenvalue weighted by atomic mass is 9.61. The first-order chi connectivity index (χ1) is 6.22. The molecule has 0 aromatic heterocycles. The molecule has 2 bridgehead atoms. The van der Waals surface area contributed by atoms with E-state index in [0.717, 1.165) is 11.8 Å². The van der Waals surface area contributed by atoms with Crippen LogP contribution >= 0.6 is 0 Å². The summed E-state index contributed by atoms with van der Waals surface area (Å²) in [6.07, 6.45) is 8.33. The molecule has 0 heterocycles. The summed E-state index contributed by atoms with van der Waals surface area (Å²) in [5.41, 5.74) is 0.865. The average molecular weight is 180 g/mol. The number of hydrogen-bond donors (Lipinski definition) is 1. The van der Waals surface area contributed by atoms with E-state index < -0.39 is 0 Å². The molecule has 0 spiro atoms. The Bertz CT molecular complexity index is 237. The molecule has 3 aliphatic rings. The normalized spacial score (nSPS) is 58.6. The third-order valence-electron chi connectivity index (χ3n) is 5.68. The first-order valence-electron chi connectivity index (χ1n) is 5.83. The van der Waals surface area contributed by atoms with Crippen LogP contribution in [0.1, 0.15) is 45.4 Å². The van der Waals surface area contributed by atoms with Gasteiger partial charge in [-0.3, -0.25) is 0 Å². The molecule has 4 atom stereocenters. The van der Waals surface area contributed by atoms with Gasteiger partial charge in [0.25, 0.3) is 0 Å². The van der Waals surface area contributed by atoms with Crippen LogP contribution in [0.15, 0.2) is 0 Å². The Kier molecular flexibility index (Phi) is 1.47. The van der Waals surface area contributed by atoms with E-state index in [2.05, 4.69) is 6.92 Å². The number of aliphatic hydroxyl groups is 1. The lowest BCUT2D eigenvalue weighted by molar-refractivity contribution is -0.0196. The first-order valence-corrected chi connectivity index (χ1v) is 5.83. The van der Waals surface area contributed by atoms with Crippen molar-refractivity contribution in [3.8, 4) is 0 Å². The van der Waals surface area contributed by atoms with Gasteiger partial charge in [-0.05, 0) is 49.4 Å². The quantitative estimate of drug-likeness (QED) is 0.657. The summed E-state index contributed by atoms with van der Waals surface area (Å²) in [5, 5.41) is 9.71. The van der Waals surface area contributed by atoms with Crippen LogP contribution in [-0.4, -0.2) is 11.7 Å². The lowest BCUT2D eigenvalue weighted by Crippen LogP contribution is -2.42. The highest BCUT2D eigenvalue weighted by Gasteiger charge is 2.65. The molecule has 0 aromatic rings. The first kappa shape index (κ1) is 8.28. The molecule has 0 aromatic carbocycles. The van der Waals surface area contributed by atoms with E-state index >= 15 is 0 Å².